The smallest absolute Gasteiger partial charge is 0.228 e. The third-order valence-corrected chi connectivity index (χ3v) is 3.60. The molecule has 0 atom stereocenters. The summed E-state index contributed by atoms with van der Waals surface area (Å²) in [6, 6.07) is 3.89. The van der Waals surface area contributed by atoms with Gasteiger partial charge in [0.2, 0.25) is 5.91 Å². The Morgan fingerprint density at radius 3 is 3.07 bits per heavy atom. The maximum Gasteiger partial charge on any atom is 0.228 e. The number of hydrogen-bond acceptors (Lipinski definition) is 3. The number of anilines is 2. The third kappa shape index (κ3) is 2.09. The molecular formula is C11H14N2OS. The van der Waals surface area contributed by atoms with E-state index in [-0.39, 0.29) is 5.91 Å². The predicted octanol–water partition coefficient (Wildman–Crippen LogP) is 2.27. The second-order valence-electron chi connectivity index (χ2n) is 3.62. The Morgan fingerprint density at radius 1 is 1.53 bits per heavy atom. The number of nitrogens with two attached hydrogens (primary N) is 1. The van der Waals surface area contributed by atoms with Gasteiger partial charge in [0.15, 0.2) is 0 Å². The third-order valence-electron chi connectivity index (χ3n) is 2.32. The SMILES string of the molecule is CCCSc1cc2c(cc1N)CC(=O)N2. The molecule has 3 nitrogen and oxygen atoms in total. The van der Waals surface area contributed by atoms with Crippen molar-refractivity contribution in [1.82, 2.24) is 0 Å². The first kappa shape index (κ1) is 10.4. The van der Waals surface area contributed by atoms with Gasteiger partial charge in [0.05, 0.1) is 6.42 Å². The number of rotatable bonds is 3. The Bertz CT molecular complexity index is 404. The summed E-state index contributed by atoms with van der Waals surface area (Å²) in [6.45, 7) is 2.14. The molecule has 0 aromatic heterocycles. The van der Waals surface area contributed by atoms with Gasteiger partial charge in [0, 0.05) is 16.3 Å². The molecule has 80 valence electrons. The summed E-state index contributed by atoms with van der Waals surface area (Å²) in [6.07, 6.45) is 1.58. The Kier molecular flexibility index (Phi) is 2.86. The number of fused-ring (bicyclic) bond motifs is 1. The molecule has 0 bridgehead atoms. The second kappa shape index (κ2) is 4.14. The lowest BCUT2D eigenvalue weighted by atomic mass is 10.1. The molecule has 0 unspecified atom stereocenters. The molecule has 1 aromatic carbocycles. The van der Waals surface area contributed by atoms with Crippen molar-refractivity contribution in [3.05, 3.63) is 17.7 Å². The number of nitrogen functional groups attached to an aromatic ring is 1. The number of hydrogen-bond donors (Lipinski definition) is 2. The lowest BCUT2D eigenvalue weighted by molar-refractivity contribution is -0.115. The van der Waals surface area contributed by atoms with Gasteiger partial charge in [0.25, 0.3) is 0 Å². The standard InChI is InChI=1S/C11H14N2OS/c1-2-3-15-10-6-9-7(4-8(10)12)5-11(14)13-9/h4,6H,2-3,5,12H2,1H3,(H,13,14). The van der Waals surface area contributed by atoms with Crippen LogP contribution < -0.4 is 11.1 Å². The molecule has 1 amide bonds. The van der Waals surface area contributed by atoms with Crippen LogP contribution in [0.15, 0.2) is 17.0 Å². The quantitative estimate of drug-likeness (QED) is 0.609. The van der Waals surface area contributed by atoms with Crippen LogP contribution in [0, 0.1) is 0 Å². The second-order valence-corrected chi connectivity index (χ2v) is 4.76. The lowest BCUT2D eigenvalue weighted by Gasteiger charge is -2.07. The molecule has 1 aromatic rings. The Balaban J connectivity index is 2.27. The van der Waals surface area contributed by atoms with Crippen molar-refractivity contribution in [2.45, 2.75) is 24.7 Å². The number of carbonyl (C=O) groups excluding carboxylic acids is 1. The molecule has 15 heavy (non-hydrogen) atoms. The van der Waals surface area contributed by atoms with Gasteiger partial charge in [-0.25, -0.2) is 0 Å². The van der Waals surface area contributed by atoms with Crippen molar-refractivity contribution in [1.29, 1.82) is 0 Å². The zero-order chi connectivity index (χ0) is 10.8. The zero-order valence-corrected chi connectivity index (χ0v) is 9.49. The molecule has 4 heteroatoms. The lowest BCUT2D eigenvalue weighted by Crippen LogP contribution is -2.03. The van der Waals surface area contributed by atoms with Crippen molar-refractivity contribution in [2.24, 2.45) is 0 Å². The van der Waals surface area contributed by atoms with Gasteiger partial charge in [-0.1, -0.05) is 6.92 Å². The summed E-state index contributed by atoms with van der Waals surface area (Å²) in [5.41, 5.74) is 8.64. The maximum atomic E-state index is 11.2. The molecule has 2 rings (SSSR count). The van der Waals surface area contributed by atoms with Gasteiger partial charge in [0.1, 0.15) is 0 Å². The Morgan fingerprint density at radius 2 is 2.33 bits per heavy atom. The number of thioether (sulfide) groups is 1. The molecule has 1 aliphatic heterocycles. The van der Waals surface area contributed by atoms with Gasteiger partial charge in [-0.05, 0) is 29.9 Å². The summed E-state index contributed by atoms with van der Waals surface area (Å²) in [4.78, 5) is 12.2. The van der Waals surface area contributed by atoms with Crippen molar-refractivity contribution in [2.75, 3.05) is 16.8 Å². The summed E-state index contributed by atoms with van der Waals surface area (Å²) < 4.78 is 0. The molecule has 0 saturated heterocycles. The number of amides is 1. The van der Waals surface area contributed by atoms with Gasteiger partial charge in [-0.15, -0.1) is 11.8 Å². The van der Waals surface area contributed by atoms with Crippen LogP contribution in [0.2, 0.25) is 0 Å². The summed E-state index contributed by atoms with van der Waals surface area (Å²) in [5, 5.41) is 2.83. The van der Waals surface area contributed by atoms with Crippen molar-refractivity contribution < 1.29 is 4.79 Å². The fourth-order valence-electron chi connectivity index (χ4n) is 1.61. The van der Waals surface area contributed by atoms with Crippen molar-refractivity contribution >= 4 is 29.0 Å². The molecule has 0 saturated carbocycles. The predicted molar refractivity (Wildman–Crippen MR) is 64.2 cm³/mol. The highest BCUT2D eigenvalue weighted by atomic mass is 32.2. The van der Waals surface area contributed by atoms with Gasteiger partial charge in [-0.3, -0.25) is 4.79 Å². The molecule has 3 N–H and O–H groups in total. The fourth-order valence-corrected chi connectivity index (χ4v) is 2.46. The first-order valence-corrected chi connectivity index (χ1v) is 6.04. The Labute approximate surface area is 93.4 Å². The molecule has 1 heterocycles. The zero-order valence-electron chi connectivity index (χ0n) is 8.67. The van der Waals surface area contributed by atoms with E-state index in [1.807, 2.05) is 12.1 Å². The Hall–Kier alpha value is -1.16. The van der Waals surface area contributed by atoms with Gasteiger partial charge >= 0.3 is 0 Å². The van der Waals surface area contributed by atoms with E-state index in [1.54, 1.807) is 11.8 Å². The topological polar surface area (TPSA) is 55.1 Å². The molecule has 1 aliphatic rings. The van der Waals surface area contributed by atoms with Gasteiger partial charge < -0.3 is 11.1 Å². The van der Waals surface area contributed by atoms with E-state index in [0.717, 1.165) is 34.0 Å². The van der Waals surface area contributed by atoms with E-state index < -0.39 is 0 Å². The van der Waals surface area contributed by atoms with Crippen LogP contribution >= 0.6 is 11.8 Å². The van der Waals surface area contributed by atoms with Crippen molar-refractivity contribution in [3.63, 3.8) is 0 Å². The van der Waals surface area contributed by atoms with Crippen LogP contribution in [-0.2, 0) is 11.2 Å². The summed E-state index contributed by atoms with van der Waals surface area (Å²) >= 11 is 1.74. The van der Waals surface area contributed by atoms with E-state index in [9.17, 15) is 4.79 Å². The number of carbonyl (C=O) groups is 1. The van der Waals surface area contributed by atoms with E-state index in [0.29, 0.717) is 6.42 Å². The highest BCUT2D eigenvalue weighted by Crippen LogP contribution is 2.34. The monoisotopic (exact) mass is 222 g/mol. The van der Waals surface area contributed by atoms with E-state index in [4.69, 9.17) is 5.73 Å². The van der Waals surface area contributed by atoms with Crippen LogP contribution in [0.4, 0.5) is 11.4 Å². The highest BCUT2D eigenvalue weighted by molar-refractivity contribution is 7.99. The normalized spacial score (nSPS) is 13.8. The molecule has 0 spiro atoms. The summed E-state index contributed by atoms with van der Waals surface area (Å²) in [7, 11) is 0. The van der Waals surface area contributed by atoms with Crippen LogP contribution in [0.1, 0.15) is 18.9 Å². The minimum absolute atomic E-state index is 0.0574. The molecular weight excluding hydrogens is 208 g/mol. The number of nitrogens with one attached hydrogen (secondary N) is 1. The molecule has 0 radical (unpaired) electrons. The maximum absolute atomic E-state index is 11.2. The van der Waals surface area contributed by atoms with Crippen LogP contribution in [0.3, 0.4) is 0 Å². The van der Waals surface area contributed by atoms with E-state index in [1.165, 1.54) is 0 Å². The average Bonchev–Trinajstić information content (AvgIpc) is 2.53. The first-order chi connectivity index (χ1) is 7.20. The minimum atomic E-state index is 0.0574. The van der Waals surface area contributed by atoms with Crippen LogP contribution in [0.25, 0.3) is 0 Å². The molecule has 0 fully saturated rings. The molecule has 0 aliphatic carbocycles. The van der Waals surface area contributed by atoms with Gasteiger partial charge in [-0.2, -0.15) is 0 Å². The fraction of sp³-hybridized carbons (Fsp3) is 0.364. The van der Waals surface area contributed by atoms with E-state index >= 15 is 0 Å². The van der Waals surface area contributed by atoms with Crippen LogP contribution in [-0.4, -0.2) is 11.7 Å². The van der Waals surface area contributed by atoms with Crippen molar-refractivity contribution in [3.8, 4) is 0 Å². The van der Waals surface area contributed by atoms with Crippen LogP contribution in [0.5, 0.6) is 0 Å². The highest BCUT2D eigenvalue weighted by Gasteiger charge is 2.19. The first-order valence-electron chi connectivity index (χ1n) is 5.05. The summed E-state index contributed by atoms with van der Waals surface area (Å²) in [5.74, 6) is 1.11. The largest absolute Gasteiger partial charge is 0.398 e. The minimum Gasteiger partial charge on any atom is -0.398 e. The van der Waals surface area contributed by atoms with E-state index in [2.05, 4.69) is 12.2 Å². The average molecular weight is 222 g/mol. The number of benzene rings is 1.